The second-order valence-corrected chi connectivity index (χ2v) is 3.75. The lowest BCUT2D eigenvalue weighted by Crippen LogP contribution is -2.07. The minimum absolute atomic E-state index is 0.0479. The summed E-state index contributed by atoms with van der Waals surface area (Å²) in [5.74, 6) is -1.31. The summed E-state index contributed by atoms with van der Waals surface area (Å²) in [6.07, 6.45) is -1.51. The highest BCUT2D eigenvalue weighted by atomic mass is 19.4. The Kier molecular flexibility index (Phi) is 5.16. The molecule has 1 rings (SSSR count). The molecule has 1 aromatic rings. The predicted molar refractivity (Wildman–Crippen MR) is 66.1 cm³/mol. The van der Waals surface area contributed by atoms with Gasteiger partial charge < -0.3 is 5.11 Å². The Hall–Kier alpha value is -2.47. The van der Waals surface area contributed by atoms with E-state index in [0.717, 1.165) is 18.2 Å². The van der Waals surface area contributed by atoms with E-state index in [-0.39, 0.29) is 17.7 Å². The number of hydrogen-bond acceptors (Lipinski definition) is 2. The molecule has 0 heterocycles. The molecule has 8 heteroatoms. The molecule has 0 fully saturated rings. The lowest BCUT2D eigenvalue weighted by molar-refractivity contribution is -0.137. The minimum Gasteiger partial charge on any atom is -0.478 e. The summed E-state index contributed by atoms with van der Waals surface area (Å²) in [4.78, 5) is 13.5. The summed E-state index contributed by atoms with van der Waals surface area (Å²) < 4.78 is 37.7. The topological polar surface area (TPSA) is 86.1 Å². The molecule has 0 aromatic heterocycles. The van der Waals surface area contributed by atoms with E-state index in [0.29, 0.717) is 6.42 Å². The Morgan fingerprint density at radius 2 is 2.15 bits per heavy atom. The molecule has 0 atom stereocenters. The molecule has 0 amide bonds. The average molecular weight is 285 g/mol. The summed E-state index contributed by atoms with van der Waals surface area (Å²) >= 11 is 0. The fraction of sp³-hybridized carbons (Fsp3) is 0.250. The SMILES string of the molecule is [N-]=[N+]=NCCC=Cc1cc(C(F)(F)F)ccc1C(=O)O. The largest absolute Gasteiger partial charge is 0.478 e. The Balaban J connectivity index is 3.06. The number of halogens is 3. The van der Waals surface area contributed by atoms with E-state index >= 15 is 0 Å². The van der Waals surface area contributed by atoms with E-state index in [2.05, 4.69) is 10.0 Å². The second kappa shape index (κ2) is 6.63. The summed E-state index contributed by atoms with van der Waals surface area (Å²) in [7, 11) is 0. The zero-order valence-corrected chi connectivity index (χ0v) is 10.1. The van der Waals surface area contributed by atoms with E-state index in [1.807, 2.05) is 0 Å². The van der Waals surface area contributed by atoms with Gasteiger partial charge in [-0.05, 0) is 35.7 Å². The standard InChI is InChI=1S/C12H10F3N3O2/c13-12(14,15)9-4-5-10(11(19)20)8(7-9)3-1-2-6-17-18-16/h1,3-5,7H,2,6H2,(H,19,20). The van der Waals surface area contributed by atoms with Crippen LogP contribution in [0.25, 0.3) is 16.5 Å². The van der Waals surface area contributed by atoms with Crippen molar-refractivity contribution in [3.63, 3.8) is 0 Å². The number of carbonyl (C=O) groups is 1. The molecule has 20 heavy (non-hydrogen) atoms. The zero-order chi connectivity index (χ0) is 15.2. The fourth-order valence-electron chi connectivity index (χ4n) is 1.46. The summed E-state index contributed by atoms with van der Waals surface area (Å²) in [5, 5.41) is 12.2. The van der Waals surface area contributed by atoms with Crippen molar-refractivity contribution in [3.05, 3.63) is 51.4 Å². The molecule has 0 radical (unpaired) electrons. The highest BCUT2D eigenvalue weighted by Gasteiger charge is 2.31. The van der Waals surface area contributed by atoms with Crippen LogP contribution in [0, 0.1) is 0 Å². The van der Waals surface area contributed by atoms with Crippen LogP contribution >= 0.6 is 0 Å². The second-order valence-electron chi connectivity index (χ2n) is 3.75. The van der Waals surface area contributed by atoms with Gasteiger partial charge >= 0.3 is 12.1 Å². The van der Waals surface area contributed by atoms with Gasteiger partial charge in [-0.3, -0.25) is 0 Å². The molecule has 1 aromatic carbocycles. The van der Waals surface area contributed by atoms with Gasteiger partial charge in [-0.25, -0.2) is 4.79 Å². The van der Waals surface area contributed by atoms with Crippen LogP contribution in [-0.4, -0.2) is 17.6 Å². The zero-order valence-electron chi connectivity index (χ0n) is 10.1. The van der Waals surface area contributed by atoms with Gasteiger partial charge in [-0.15, -0.1) is 0 Å². The quantitative estimate of drug-likeness (QED) is 0.382. The third kappa shape index (κ3) is 4.33. The Morgan fingerprint density at radius 3 is 2.70 bits per heavy atom. The van der Waals surface area contributed by atoms with Crippen molar-refractivity contribution in [3.8, 4) is 0 Å². The van der Waals surface area contributed by atoms with Gasteiger partial charge in [0.15, 0.2) is 0 Å². The summed E-state index contributed by atoms with van der Waals surface area (Å²) in [6, 6.07) is 2.41. The van der Waals surface area contributed by atoms with E-state index in [4.69, 9.17) is 10.6 Å². The normalized spacial score (nSPS) is 11.3. The number of alkyl halides is 3. The average Bonchev–Trinajstić information content (AvgIpc) is 2.37. The van der Waals surface area contributed by atoms with Crippen LogP contribution in [0.4, 0.5) is 13.2 Å². The lowest BCUT2D eigenvalue weighted by Gasteiger charge is -2.09. The van der Waals surface area contributed by atoms with Gasteiger partial charge in [-0.2, -0.15) is 13.2 Å². The molecule has 0 aliphatic carbocycles. The third-order valence-electron chi connectivity index (χ3n) is 2.37. The van der Waals surface area contributed by atoms with Gasteiger partial charge in [-0.1, -0.05) is 17.3 Å². The number of carboxylic acid groups (broad SMARTS) is 1. The number of rotatable bonds is 5. The van der Waals surface area contributed by atoms with Crippen LogP contribution in [-0.2, 0) is 6.18 Å². The van der Waals surface area contributed by atoms with Gasteiger partial charge in [0, 0.05) is 11.5 Å². The molecular formula is C12H10F3N3O2. The number of benzene rings is 1. The Labute approximate surface area is 112 Å². The van der Waals surface area contributed by atoms with Crippen molar-refractivity contribution < 1.29 is 23.1 Å². The van der Waals surface area contributed by atoms with Crippen LogP contribution in [0.3, 0.4) is 0 Å². The molecule has 0 saturated heterocycles. The monoisotopic (exact) mass is 285 g/mol. The van der Waals surface area contributed by atoms with Crippen molar-refractivity contribution in [2.75, 3.05) is 6.54 Å². The maximum Gasteiger partial charge on any atom is 0.416 e. The molecule has 106 valence electrons. The maximum atomic E-state index is 12.6. The van der Waals surface area contributed by atoms with Crippen LogP contribution in [0.5, 0.6) is 0 Å². The summed E-state index contributed by atoms with van der Waals surface area (Å²) in [5.41, 5.74) is 6.87. The first-order chi connectivity index (χ1) is 9.36. The summed E-state index contributed by atoms with van der Waals surface area (Å²) in [6.45, 7) is 0.147. The highest BCUT2D eigenvalue weighted by Crippen LogP contribution is 2.31. The van der Waals surface area contributed by atoms with Crippen molar-refractivity contribution in [1.29, 1.82) is 0 Å². The molecule has 5 nitrogen and oxygen atoms in total. The van der Waals surface area contributed by atoms with Crippen molar-refractivity contribution >= 4 is 12.0 Å². The van der Waals surface area contributed by atoms with Gasteiger partial charge in [0.2, 0.25) is 0 Å². The predicted octanol–water partition coefficient (Wildman–Crippen LogP) is 4.12. The molecule has 0 unspecified atom stereocenters. The first-order valence-electron chi connectivity index (χ1n) is 5.48. The van der Waals surface area contributed by atoms with Crippen LogP contribution in [0.1, 0.15) is 27.9 Å². The minimum atomic E-state index is -4.54. The van der Waals surface area contributed by atoms with Gasteiger partial charge in [0.05, 0.1) is 11.1 Å². The van der Waals surface area contributed by atoms with E-state index in [9.17, 15) is 18.0 Å². The Bertz CT molecular complexity index is 576. The first kappa shape index (κ1) is 15.6. The molecule has 0 saturated carbocycles. The van der Waals surface area contributed by atoms with Crippen LogP contribution in [0.15, 0.2) is 29.4 Å². The van der Waals surface area contributed by atoms with Crippen LogP contribution in [0.2, 0.25) is 0 Å². The van der Waals surface area contributed by atoms with Crippen molar-refractivity contribution in [2.24, 2.45) is 5.11 Å². The molecule has 0 bridgehead atoms. The third-order valence-corrected chi connectivity index (χ3v) is 2.37. The van der Waals surface area contributed by atoms with Crippen LogP contribution < -0.4 is 0 Å². The van der Waals surface area contributed by atoms with E-state index in [1.54, 1.807) is 0 Å². The molecule has 0 aliphatic rings. The first-order valence-corrected chi connectivity index (χ1v) is 5.48. The van der Waals surface area contributed by atoms with Crippen molar-refractivity contribution in [2.45, 2.75) is 12.6 Å². The van der Waals surface area contributed by atoms with E-state index < -0.39 is 17.7 Å². The smallest absolute Gasteiger partial charge is 0.416 e. The highest BCUT2D eigenvalue weighted by molar-refractivity contribution is 5.92. The Morgan fingerprint density at radius 1 is 1.45 bits per heavy atom. The molecule has 0 aliphatic heterocycles. The number of aromatic carboxylic acids is 1. The molecular weight excluding hydrogens is 275 g/mol. The van der Waals surface area contributed by atoms with Crippen molar-refractivity contribution in [1.82, 2.24) is 0 Å². The molecule has 0 spiro atoms. The number of carboxylic acids is 1. The number of azide groups is 1. The lowest BCUT2D eigenvalue weighted by atomic mass is 10.0. The van der Waals surface area contributed by atoms with Gasteiger partial charge in [0.1, 0.15) is 0 Å². The fourth-order valence-corrected chi connectivity index (χ4v) is 1.46. The maximum absolute atomic E-state index is 12.6. The number of nitrogens with zero attached hydrogens (tertiary/aromatic N) is 3. The molecule has 1 N–H and O–H groups in total. The van der Waals surface area contributed by atoms with E-state index in [1.165, 1.54) is 12.2 Å². The number of hydrogen-bond donors (Lipinski definition) is 1. The van der Waals surface area contributed by atoms with Gasteiger partial charge in [0.25, 0.3) is 0 Å².